The van der Waals surface area contributed by atoms with E-state index in [0.717, 1.165) is 4.88 Å². The van der Waals surface area contributed by atoms with E-state index in [2.05, 4.69) is 10.3 Å². The molecule has 0 aliphatic carbocycles. The molecule has 0 bridgehead atoms. The molecular weight excluding hydrogens is 208 g/mol. The van der Waals surface area contributed by atoms with Crippen LogP contribution in [0.4, 0.5) is 5.13 Å². The van der Waals surface area contributed by atoms with Crippen LogP contribution in [0.2, 0.25) is 0 Å². The van der Waals surface area contributed by atoms with Crippen LogP contribution in [0.15, 0.2) is 6.20 Å². The van der Waals surface area contributed by atoms with Crippen LogP contribution in [-0.4, -0.2) is 16.8 Å². The van der Waals surface area contributed by atoms with Crippen molar-refractivity contribution in [1.82, 2.24) is 4.98 Å². The van der Waals surface area contributed by atoms with Crippen LogP contribution in [0, 0.1) is 6.92 Å². The van der Waals surface area contributed by atoms with Gasteiger partial charge in [-0.25, -0.2) is 4.98 Å². The normalized spacial score (nSPS) is 10.0. The van der Waals surface area contributed by atoms with Crippen molar-refractivity contribution in [2.24, 2.45) is 0 Å². The number of alkyl halides is 1. The zero-order chi connectivity index (χ0) is 9.68. The second-order valence-electron chi connectivity index (χ2n) is 2.62. The number of hydrogen-bond acceptors (Lipinski definition) is 3. The monoisotopic (exact) mass is 218 g/mol. The molecule has 1 amide bonds. The third-order valence-electron chi connectivity index (χ3n) is 1.41. The van der Waals surface area contributed by atoms with Gasteiger partial charge in [-0.05, 0) is 13.3 Å². The molecule has 0 saturated heterocycles. The highest BCUT2D eigenvalue weighted by Crippen LogP contribution is 2.16. The molecule has 5 heteroatoms. The van der Waals surface area contributed by atoms with E-state index in [0.29, 0.717) is 23.9 Å². The Morgan fingerprint density at radius 3 is 3.08 bits per heavy atom. The number of aryl methyl sites for hydroxylation is 1. The van der Waals surface area contributed by atoms with E-state index in [1.54, 1.807) is 6.20 Å². The van der Waals surface area contributed by atoms with Crippen molar-refractivity contribution in [1.29, 1.82) is 0 Å². The lowest BCUT2D eigenvalue weighted by atomic mass is 10.3. The van der Waals surface area contributed by atoms with Gasteiger partial charge < -0.3 is 5.32 Å². The van der Waals surface area contributed by atoms with E-state index in [1.807, 2.05) is 6.92 Å². The number of nitrogens with one attached hydrogen (secondary N) is 1. The fraction of sp³-hybridized carbons (Fsp3) is 0.500. The van der Waals surface area contributed by atoms with E-state index in [-0.39, 0.29) is 5.91 Å². The molecular formula is C8H11ClN2OS. The van der Waals surface area contributed by atoms with Crippen LogP contribution in [-0.2, 0) is 4.79 Å². The Balaban J connectivity index is 2.36. The Morgan fingerprint density at radius 1 is 1.77 bits per heavy atom. The van der Waals surface area contributed by atoms with Crippen LogP contribution in [0.3, 0.4) is 0 Å². The molecule has 1 aromatic heterocycles. The van der Waals surface area contributed by atoms with Gasteiger partial charge >= 0.3 is 0 Å². The summed E-state index contributed by atoms with van der Waals surface area (Å²) in [6, 6.07) is 0. The molecule has 1 N–H and O–H groups in total. The summed E-state index contributed by atoms with van der Waals surface area (Å²) in [5, 5.41) is 3.37. The first kappa shape index (κ1) is 10.5. The van der Waals surface area contributed by atoms with Crippen molar-refractivity contribution in [2.45, 2.75) is 19.8 Å². The van der Waals surface area contributed by atoms with Crippen LogP contribution < -0.4 is 5.32 Å². The predicted octanol–water partition coefficient (Wildman–Crippen LogP) is 2.41. The first-order chi connectivity index (χ1) is 6.22. The quantitative estimate of drug-likeness (QED) is 0.789. The van der Waals surface area contributed by atoms with Crippen molar-refractivity contribution in [2.75, 3.05) is 11.2 Å². The minimum absolute atomic E-state index is 0.0185. The van der Waals surface area contributed by atoms with Crippen LogP contribution in [0.25, 0.3) is 0 Å². The molecule has 3 nitrogen and oxygen atoms in total. The molecule has 0 unspecified atom stereocenters. The average Bonchev–Trinajstić information content (AvgIpc) is 2.48. The predicted molar refractivity (Wildman–Crippen MR) is 55.4 cm³/mol. The molecule has 0 atom stereocenters. The smallest absolute Gasteiger partial charge is 0.226 e. The molecule has 0 aliphatic heterocycles. The summed E-state index contributed by atoms with van der Waals surface area (Å²) in [4.78, 5) is 16.3. The summed E-state index contributed by atoms with van der Waals surface area (Å²) in [7, 11) is 0. The van der Waals surface area contributed by atoms with Gasteiger partial charge in [0.15, 0.2) is 5.13 Å². The molecule has 0 fully saturated rings. The van der Waals surface area contributed by atoms with Crippen molar-refractivity contribution in [3.63, 3.8) is 0 Å². The maximum Gasteiger partial charge on any atom is 0.226 e. The van der Waals surface area contributed by atoms with Crippen molar-refractivity contribution in [3.8, 4) is 0 Å². The zero-order valence-corrected chi connectivity index (χ0v) is 8.91. The summed E-state index contributed by atoms with van der Waals surface area (Å²) >= 11 is 6.93. The summed E-state index contributed by atoms with van der Waals surface area (Å²) in [5.41, 5.74) is 0. The fourth-order valence-corrected chi connectivity index (χ4v) is 1.64. The van der Waals surface area contributed by atoms with E-state index < -0.39 is 0 Å². The van der Waals surface area contributed by atoms with Crippen LogP contribution in [0.1, 0.15) is 17.7 Å². The van der Waals surface area contributed by atoms with Crippen molar-refractivity contribution >= 4 is 34.0 Å². The number of rotatable bonds is 4. The van der Waals surface area contributed by atoms with Crippen LogP contribution >= 0.6 is 22.9 Å². The second-order valence-corrected chi connectivity index (χ2v) is 4.23. The Kier molecular flexibility index (Phi) is 4.18. The SMILES string of the molecule is Cc1cnc(NC(=O)CCCCl)s1. The maximum absolute atomic E-state index is 11.2. The van der Waals surface area contributed by atoms with Crippen molar-refractivity contribution in [3.05, 3.63) is 11.1 Å². The molecule has 13 heavy (non-hydrogen) atoms. The number of aromatic nitrogens is 1. The Hall–Kier alpha value is -0.610. The van der Waals surface area contributed by atoms with E-state index in [1.165, 1.54) is 11.3 Å². The summed E-state index contributed by atoms with van der Waals surface area (Å²) in [6.07, 6.45) is 2.90. The maximum atomic E-state index is 11.2. The fourth-order valence-electron chi connectivity index (χ4n) is 0.822. The Labute approximate surface area is 86.1 Å². The second kappa shape index (κ2) is 5.19. The lowest BCUT2D eigenvalue weighted by molar-refractivity contribution is -0.116. The molecule has 0 spiro atoms. The van der Waals surface area contributed by atoms with Gasteiger partial charge in [0.1, 0.15) is 0 Å². The van der Waals surface area contributed by atoms with Gasteiger partial charge in [0.25, 0.3) is 0 Å². The minimum atomic E-state index is -0.0185. The first-order valence-electron chi connectivity index (χ1n) is 4.00. The highest BCUT2D eigenvalue weighted by atomic mass is 35.5. The zero-order valence-electron chi connectivity index (χ0n) is 7.34. The number of anilines is 1. The molecule has 1 heterocycles. The summed E-state index contributed by atoms with van der Waals surface area (Å²) < 4.78 is 0. The largest absolute Gasteiger partial charge is 0.302 e. The third-order valence-corrected chi connectivity index (χ3v) is 2.50. The lowest BCUT2D eigenvalue weighted by Crippen LogP contribution is -2.10. The standard InChI is InChI=1S/C8H11ClN2OS/c1-6-5-10-8(13-6)11-7(12)3-2-4-9/h5H,2-4H2,1H3,(H,10,11,12). The number of halogens is 1. The van der Waals surface area contributed by atoms with Crippen molar-refractivity contribution < 1.29 is 4.79 Å². The van der Waals surface area contributed by atoms with E-state index in [4.69, 9.17) is 11.6 Å². The molecule has 1 rings (SSSR count). The van der Waals surface area contributed by atoms with E-state index in [9.17, 15) is 4.79 Å². The molecule has 0 saturated carbocycles. The van der Waals surface area contributed by atoms with Gasteiger partial charge in [-0.2, -0.15) is 0 Å². The average molecular weight is 219 g/mol. The minimum Gasteiger partial charge on any atom is -0.302 e. The highest BCUT2D eigenvalue weighted by Gasteiger charge is 2.03. The van der Waals surface area contributed by atoms with Gasteiger partial charge in [-0.15, -0.1) is 22.9 Å². The first-order valence-corrected chi connectivity index (χ1v) is 5.35. The van der Waals surface area contributed by atoms with Gasteiger partial charge in [0.2, 0.25) is 5.91 Å². The summed E-state index contributed by atoms with van der Waals surface area (Å²) in [6.45, 7) is 1.95. The molecule has 0 radical (unpaired) electrons. The number of thiazole rings is 1. The number of carbonyl (C=O) groups is 1. The number of amides is 1. The lowest BCUT2D eigenvalue weighted by Gasteiger charge is -1.98. The molecule has 0 aliphatic rings. The van der Waals surface area contributed by atoms with Gasteiger partial charge in [0.05, 0.1) is 0 Å². The molecule has 1 aromatic rings. The van der Waals surface area contributed by atoms with E-state index >= 15 is 0 Å². The van der Waals surface area contributed by atoms with Gasteiger partial charge in [-0.3, -0.25) is 4.79 Å². The third kappa shape index (κ3) is 3.74. The Bertz CT molecular complexity index is 287. The Morgan fingerprint density at radius 2 is 2.54 bits per heavy atom. The van der Waals surface area contributed by atoms with Gasteiger partial charge in [0, 0.05) is 23.4 Å². The summed E-state index contributed by atoms with van der Waals surface area (Å²) in [5.74, 6) is 0.500. The number of hydrogen-bond donors (Lipinski definition) is 1. The molecule has 72 valence electrons. The molecule has 0 aromatic carbocycles. The topological polar surface area (TPSA) is 42.0 Å². The highest BCUT2D eigenvalue weighted by molar-refractivity contribution is 7.15. The number of nitrogens with zero attached hydrogens (tertiary/aromatic N) is 1. The number of carbonyl (C=O) groups excluding carboxylic acids is 1. The van der Waals surface area contributed by atoms with Gasteiger partial charge in [-0.1, -0.05) is 0 Å². The van der Waals surface area contributed by atoms with Crippen LogP contribution in [0.5, 0.6) is 0 Å².